The summed E-state index contributed by atoms with van der Waals surface area (Å²) in [6, 6.07) is 5.88. The molecule has 0 spiro atoms. The first-order valence-electron chi connectivity index (χ1n) is 10.4. The number of quaternary nitrogens is 1. The van der Waals surface area contributed by atoms with Crippen LogP contribution in [0, 0.1) is 5.92 Å². The van der Waals surface area contributed by atoms with Gasteiger partial charge < -0.3 is 24.2 Å². The van der Waals surface area contributed by atoms with Crippen LogP contribution in [0.3, 0.4) is 0 Å². The van der Waals surface area contributed by atoms with Crippen LogP contribution >= 0.6 is 11.8 Å². The molecule has 1 atom stereocenters. The summed E-state index contributed by atoms with van der Waals surface area (Å²) in [6.45, 7) is 5.26. The zero-order valence-corrected chi connectivity index (χ0v) is 18.0. The van der Waals surface area contributed by atoms with Crippen molar-refractivity contribution in [1.82, 2.24) is 9.80 Å². The van der Waals surface area contributed by atoms with Gasteiger partial charge in [0.25, 0.3) is 0 Å². The van der Waals surface area contributed by atoms with Gasteiger partial charge in [0.2, 0.25) is 11.8 Å². The molecular weight excluding hydrogens is 390 g/mol. The number of rotatable bonds is 7. The lowest BCUT2D eigenvalue weighted by Gasteiger charge is -2.34. The lowest BCUT2D eigenvalue weighted by atomic mass is 10.1. The van der Waals surface area contributed by atoms with Crippen molar-refractivity contribution in [2.75, 3.05) is 59.2 Å². The minimum atomic E-state index is 0.0134. The number of hydrogen-bond donors (Lipinski definition) is 1. The maximum atomic E-state index is 12.5. The Hall–Kier alpha value is -1.93. The van der Waals surface area contributed by atoms with Crippen molar-refractivity contribution in [3.63, 3.8) is 0 Å². The van der Waals surface area contributed by atoms with E-state index in [0.717, 1.165) is 57.7 Å². The first-order chi connectivity index (χ1) is 14.1. The van der Waals surface area contributed by atoms with Crippen LogP contribution in [0.5, 0.6) is 11.5 Å². The predicted molar refractivity (Wildman–Crippen MR) is 111 cm³/mol. The highest BCUT2D eigenvalue weighted by atomic mass is 32.2. The highest BCUT2D eigenvalue weighted by molar-refractivity contribution is 8.00. The van der Waals surface area contributed by atoms with Gasteiger partial charge in [-0.3, -0.25) is 9.59 Å². The van der Waals surface area contributed by atoms with E-state index >= 15 is 0 Å². The van der Waals surface area contributed by atoms with Crippen LogP contribution in [0.15, 0.2) is 18.2 Å². The van der Waals surface area contributed by atoms with Crippen molar-refractivity contribution >= 4 is 23.6 Å². The first-order valence-corrected chi connectivity index (χ1v) is 11.4. The second-order valence-corrected chi connectivity index (χ2v) is 9.03. The number of benzene rings is 1. The molecule has 0 unspecified atom stereocenters. The second-order valence-electron chi connectivity index (χ2n) is 7.96. The zero-order chi connectivity index (χ0) is 20.4. The SMILES string of the molecule is COc1ccc([C@@H]2SCC(=O)N2CC[NH+]2CCN(C(=O)C3CC3)CC2)cc1OC. The average Bonchev–Trinajstić information content (AvgIpc) is 3.54. The number of hydrogen-bond acceptors (Lipinski definition) is 5. The third kappa shape index (κ3) is 4.48. The minimum absolute atomic E-state index is 0.0134. The molecule has 3 aliphatic rings. The molecule has 3 fully saturated rings. The summed E-state index contributed by atoms with van der Waals surface area (Å²) in [7, 11) is 3.25. The number of carbonyl (C=O) groups is 2. The van der Waals surface area contributed by atoms with Crippen LogP contribution in [0.2, 0.25) is 0 Å². The van der Waals surface area contributed by atoms with Crippen LogP contribution in [0.1, 0.15) is 23.8 Å². The van der Waals surface area contributed by atoms with E-state index in [1.54, 1.807) is 26.0 Å². The molecule has 29 heavy (non-hydrogen) atoms. The normalized spacial score (nSPS) is 22.8. The Morgan fingerprint density at radius 2 is 1.90 bits per heavy atom. The van der Waals surface area contributed by atoms with Crippen LogP contribution in [0.4, 0.5) is 0 Å². The van der Waals surface area contributed by atoms with Gasteiger partial charge in [0.15, 0.2) is 11.5 Å². The largest absolute Gasteiger partial charge is 0.493 e. The number of nitrogens with zero attached hydrogens (tertiary/aromatic N) is 2. The highest BCUT2D eigenvalue weighted by Gasteiger charge is 2.37. The molecule has 0 bridgehead atoms. The van der Waals surface area contributed by atoms with Crippen LogP contribution in [-0.4, -0.2) is 80.9 Å². The van der Waals surface area contributed by atoms with Crippen molar-refractivity contribution in [2.24, 2.45) is 5.92 Å². The van der Waals surface area contributed by atoms with Gasteiger partial charge in [-0.1, -0.05) is 6.07 Å². The summed E-state index contributed by atoms with van der Waals surface area (Å²) in [5.74, 6) is 2.74. The number of thioether (sulfide) groups is 1. The van der Waals surface area contributed by atoms with E-state index in [0.29, 0.717) is 29.1 Å². The minimum Gasteiger partial charge on any atom is -0.493 e. The number of amides is 2. The quantitative estimate of drug-likeness (QED) is 0.693. The summed E-state index contributed by atoms with van der Waals surface area (Å²) in [6.07, 6.45) is 2.14. The number of piperazine rings is 1. The lowest BCUT2D eigenvalue weighted by molar-refractivity contribution is -0.903. The molecule has 2 aliphatic heterocycles. The van der Waals surface area contributed by atoms with E-state index in [2.05, 4.69) is 0 Å². The van der Waals surface area contributed by atoms with Crippen molar-refractivity contribution < 1.29 is 24.0 Å². The van der Waals surface area contributed by atoms with E-state index in [4.69, 9.17) is 9.47 Å². The Labute approximate surface area is 176 Å². The first kappa shape index (κ1) is 20.3. The second kappa shape index (κ2) is 8.83. The van der Waals surface area contributed by atoms with Gasteiger partial charge in [-0.2, -0.15) is 0 Å². The summed E-state index contributed by atoms with van der Waals surface area (Å²) < 4.78 is 10.8. The number of nitrogens with one attached hydrogen (secondary N) is 1. The van der Waals surface area contributed by atoms with E-state index in [9.17, 15) is 9.59 Å². The maximum absolute atomic E-state index is 12.5. The Bertz CT molecular complexity index is 762. The topological polar surface area (TPSA) is 63.5 Å². The number of carbonyl (C=O) groups excluding carboxylic acids is 2. The standard InChI is InChI=1S/C21H29N3O4S/c1-27-17-6-5-16(13-18(17)28-2)21-24(19(25)14-29-21)12-9-22-7-10-23(11-8-22)20(26)15-3-4-15/h5-6,13,15,21H,3-4,7-12,14H2,1-2H3/p+1/t21-/m0/s1. The molecule has 1 aromatic carbocycles. The molecule has 1 aliphatic carbocycles. The molecular formula is C21H30N3O4S+. The van der Waals surface area contributed by atoms with Gasteiger partial charge in [-0.05, 0) is 30.5 Å². The lowest BCUT2D eigenvalue weighted by Crippen LogP contribution is -3.15. The molecule has 0 aromatic heterocycles. The van der Waals surface area contributed by atoms with Crippen LogP contribution in [0.25, 0.3) is 0 Å². The fourth-order valence-electron chi connectivity index (χ4n) is 4.14. The molecule has 7 nitrogen and oxygen atoms in total. The van der Waals surface area contributed by atoms with Crippen LogP contribution in [-0.2, 0) is 9.59 Å². The molecule has 1 aromatic rings. The van der Waals surface area contributed by atoms with E-state index in [-0.39, 0.29) is 11.3 Å². The highest BCUT2D eigenvalue weighted by Crippen LogP contribution is 2.41. The zero-order valence-electron chi connectivity index (χ0n) is 17.2. The number of ether oxygens (including phenoxy) is 2. The van der Waals surface area contributed by atoms with Crippen molar-refractivity contribution in [3.05, 3.63) is 23.8 Å². The predicted octanol–water partition coefficient (Wildman–Crippen LogP) is 0.415. The molecule has 4 rings (SSSR count). The Morgan fingerprint density at radius 3 is 2.55 bits per heavy atom. The number of methoxy groups -OCH3 is 2. The molecule has 1 saturated carbocycles. The Kier molecular flexibility index (Phi) is 6.20. The smallest absolute Gasteiger partial charge is 0.234 e. The van der Waals surface area contributed by atoms with Gasteiger partial charge in [0, 0.05) is 5.92 Å². The molecule has 1 N–H and O–H groups in total. The summed E-state index contributed by atoms with van der Waals surface area (Å²) in [4.78, 5) is 30.2. The molecule has 2 saturated heterocycles. The van der Waals surface area contributed by atoms with Gasteiger partial charge >= 0.3 is 0 Å². The molecule has 158 valence electrons. The molecule has 2 heterocycles. The van der Waals surface area contributed by atoms with Crippen molar-refractivity contribution in [3.8, 4) is 11.5 Å². The third-order valence-electron chi connectivity index (χ3n) is 6.08. The summed E-state index contributed by atoms with van der Waals surface area (Å²) in [5, 5.41) is 0.0134. The monoisotopic (exact) mass is 420 g/mol. The molecule has 8 heteroatoms. The fraction of sp³-hybridized carbons (Fsp3) is 0.619. The Morgan fingerprint density at radius 1 is 1.17 bits per heavy atom. The van der Waals surface area contributed by atoms with Gasteiger partial charge in [-0.25, -0.2) is 0 Å². The van der Waals surface area contributed by atoms with Gasteiger partial charge in [0.05, 0.1) is 59.2 Å². The van der Waals surface area contributed by atoms with Crippen molar-refractivity contribution in [2.45, 2.75) is 18.2 Å². The van der Waals surface area contributed by atoms with Gasteiger partial charge in [-0.15, -0.1) is 11.8 Å². The molecule has 2 amide bonds. The van der Waals surface area contributed by atoms with Crippen LogP contribution < -0.4 is 14.4 Å². The van der Waals surface area contributed by atoms with Crippen molar-refractivity contribution in [1.29, 1.82) is 0 Å². The van der Waals surface area contributed by atoms with Gasteiger partial charge in [0.1, 0.15) is 5.37 Å². The summed E-state index contributed by atoms with van der Waals surface area (Å²) in [5.41, 5.74) is 1.06. The average molecular weight is 421 g/mol. The maximum Gasteiger partial charge on any atom is 0.234 e. The van der Waals surface area contributed by atoms with E-state index in [1.807, 2.05) is 28.0 Å². The van der Waals surface area contributed by atoms with E-state index < -0.39 is 0 Å². The Balaban J connectivity index is 1.34. The third-order valence-corrected chi connectivity index (χ3v) is 7.33. The van der Waals surface area contributed by atoms with E-state index in [1.165, 1.54) is 4.90 Å². The summed E-state index contributed by atoms with van der Waals surface area (Å²) >= 11 is 1.66. The molecule has 0 radical (unpaired) electrons. The fourth-order valence-corrected chi connectivity index (χ4v) is 5.35.